The Hall–Kier alpha value is -2.21. The average Bonchev–Trinajstić information content (AvgIpc) is 2.73. The molecule has 1 N–H and O–H groups in total. The summed E-state index contributed by atoms with van der Waals surface area (Å²) in [6, 6.07) is 3.41. The number of nitrogens with zero attached hydrogens (tertiary/aromatic N) is 2. The SMILES string of the molecule is Cc1nn(C)c(C)c1CCC(=O)Nc1cc2c(cc1Cl)OCCCO2. The number of carbonyl (C=O) groups is 1. The van der Waals surface area contributed by atoms with Crippen LogP contribution in [0.2, 0.25) is 5.02 Å². The van der Waals surface area contributed by atoms with Crippen molar-refractivity contribution in [2.45, 2.75) is 33.1 Å². The molecule has 2 heterocycles. The molecule has 0 atom stereocenters. The zero-order valence-electron chi connectivity index (χ0n) is 14.7. The number of aromatic nitrogens is 2. The Morgan fingerprint density at radius 2 is 1.96 bits per heavy atom. The van der Waals surface area contributed by atoms with Crippen LogP contribution in [0.4, 0.5) is 5.69 Å². The predicted octanol–water partition coefficient (Wildman–Crippen LogP) is 3.42. The van der Waals surface area contributed by atoms with Crippen molar-refractivity contribution in [1.82, 2.24) is 9.78 Å². The molecule has 0 saturated carbocycles. The van der Waals surface area contributed by atoms with Gasteiger partial charge in [0.05, 0.1) is 29.6 Å². The van der Waals surface area contributed by atoms with E-state index in [-0.39, 0.29) is 5.91 Å². The molecule has 0 radical (unpaired) electrons. The average molecular weight is 364 g/mol. The van der Waals surface area contributed by atoms with E-state index in [2.05, 4.69) is 10.4 Å². The van der Waals surface area contributed by atoms with Gasteiger partial charge in [-0.3, -0.25) is 9.48 Å². The van der Waals surface area contributed by atoms with Gasteiger partial charge in [-0.05, 0) is 25.8 Å². The van der Waals surface area contributed by atoms with E-state index in [1.165, 1.54) is 0 Å². The zero-order chi connectivity index (χ0) is 18.0. The highest BCUT2D eigenvalue weighted by atomic mass is 35.5. The fourth-order valence-electron chi connectivity index (χ4n) is 2.91. The Kier molecular flexibility index (Phi) is 5.18. The third-order valence-electron chi connectivity index (χ3n) is 4.37. The summed E-state index contributed by atoms with van der Waals surface area (Å²) < 4.78 is 13.1. The molecule has 25 heavy (non-hydrogen) atoms. The van der Waals surface area contributed by atoms with E-state index >= 15 is 0 Å². The lowest BCUT2D eigenvalue weighted by molar-refractivity contribution is -0.116. The molecule has 2 aromatic rings. The maximum Gasteiger partial charge on any atom is 0.224 e. The molecule has 0 bridgehead atoms. The zero-order valence-corrected chi connectivity index (χ0v) is 15.4. The molecule has 0 saturated heterocycles. The third-order valence-corrected chi connectivity index (χ3v) is 4.68. The summed E-state index contributed by atoms with van der Waals surface area (Å²) in [5, 5.41) is 7.68. The van der Waals surface area contributed by atoms with E-state index in [0.29, 0.717) is 48.3 Å². The van der Waals surface area contributed by atoms with Crippen molar-refractivity contribution in [2.75, 3.05) is 18.5 Å². The minimum atomic E-state index is -0.0981. The quantitative estimate of drug-likeness (QED) is 0.903. The second-order valence-corrected chi connectivity index (χ2v) is 6.56. The van der Waals surface area contributed by atoms with Gasteiger partial charge in [-0.2, -0.15) is 5.10 Å². The first-order valence-electron chi connectivity index (χ1n) is 8.33. The van der Waals surface area contributed by atoms with Crippen LogP contribution in [-0.2, 0) is 18.3 Å². The highest BCUT2D eigenvalue weighted by Crippen LogP contribution is 2.37. The van der Waals surface area contributed by atoms with Crippen LogP contribution in [0.1, 0.15) is 29.8 Å². The minimum Gasteiger partial charge on any atom is -0.490 e. The van der Waals surface area contributed by atoms with Crippen molar-refractivity contribution in [3.8, 4) is 11.5 Å². The first-order chi connectivity index (χ1) is 12.0. The van der Waals surface area contributed by atoms with E-state index in [0.717, 1.165) is 23.4 Å². The number of amides is 1. The largest absolute Gasteiger partial charge is 0.490 e. The number of rotatable bonds is 4. The van der Waals surface area contributed by atoms with Gasteiger partial charge in [0.15, 0.2) is 11.5 Å². The molecule has 1 aliphatic rings. The van der Waals surface area contributed by atoms with E-state index in [4.69, 9.17) is 21.1 Å². The first kappa shape index (κ1) is 17.6. The topological polar surface area (TPSA) is 65.4 Å². The molecule has 0 unspecified atom stereocenters. The van der Waals surface area contributed by atoms with Gasteiger partial charge in [-0.25, -0.2) is 0 Å². The van der Waals surface area contributed by atoms with Crippen LogP contribution in [0.15, 0.2) is 12.1 Å². The first-order valence-corrected chi connectivity index (χ1v) is 8.71. The van der Waals surface area contributed by atoms with E-state index in [1.807, 2.05) is 25.6 Å². The maximum atomic E-state index is 12.3. The normalized spacial score (nSPS) is 13.4. The van der Waals surface area contributed by atoms with Crippen molar-refractivity contribution in [2.24, 2.45) is 7.05 Å². The fourth-order valence-corrected chi connectivity index (χ4v) is 3.11. The molecular weight excluding hydrogens is 342 g/mol. The molecule has 6 nitrogen and oxygen atoms in total. The summed E-state index contributed by atoms with van der Waals surface area (Å²) in [5.74, 6) is 1.12. The lowest BCUT2D eigenvalue weighted by atomic mass is 10.1. The smallest absolute Gasteiger partial charge is 0.224 e. The highest BCUT2D eigenvalue weighted by molar-refractivity contribution is 6.34. The maximum absolute atomic E-state index is 12.3. The van der Waals surface area contributed by atoms with Crippen LogP contribution in [0.25, 0.3) is 0 Å². The highest BCUT2D eigenvalue weighted by Gasteiger charge is 2.16. The Bertz CT molecular complexity index is 801. The number of fused-ring (bicyclic) bond motifs is 1. The summed E-state index contributed by atoms with van der Waals surface area (Å²) in [6.07, 6.45) is 1.81. The van der Waals surface area contributed by atoms with Crippen LogP contribution >= 0.6 is 11.6 Å². The van der Waals surface area contributed by atoms with Crippen LogP contribution in [0.3, 0.4) is 0 Å². The number of ether oxygens (including phenoxy) is 2. The lowest BCUT2D eigenvalue weighted by Crippen LogP contribution is -2.13. The third kappa shape index (κ3) is 3.90. The fraction of sp³-hybridized carbons (Fsp3) is 0.444. The molecule has 1 aromatic heterocycles. The second kappa shape index (κ2) is 7.35. The van der Waals surface area contributed by atoms with Gasteiger partial charge >= 0.3 is 0 Å². The minimum absolute atomic E-state index is 0.0981. The molecule has 7 heteroatoms. The van der Waals surface area contributed by atoms with Crippen molar-refractivity contribution in [3.05, 3.63) is 34.1 Å². The monoisotopic (exact) mass is 363 g/mol. The predicted molar refractivity (Wildman–Crippen MR) is 96.7 cm³/mol. The lowest BCUT2D eigenvalue weighted by Gasteiger charge is -2.12. The molecule has 134 valence electrons. The van der Waals surface area contributed by atoms with E-state index in [9.17, 15) is 4.79 Å². The Morgan fingerprint density at radius 3 is 2.60 bits per heavy atom. The van der Waals surface area contributed by atoms with Gasteiger partial charge in [0, 0.05) is 37.7 Å². The molecule has 0 fully saturated rings. The Labute approximate surface area is 152 Å². The summed E-state index contributed by atoms with van der Waals surface area (Å²) >= 11 is 6.27. The number of carbonyl (C=O) groups excluding carboxylic acids is 1. The van der Waals surface area contributed by atoms with Crippen LogP contribution < -0.4 is 14.8 Å². The number of benzene rings is 1. The molecule has 3 rings (SSSR count). The van der Waals surface area contributed by atoms with E-state index in [1.54, 1.807) is 12.1 Å². The van der Waals surface area contributed by atoms with Crippen LogP contribution in [0, 0.1) is 13.8 Å². The van der Waals surface area contributed by atoms with Gasteiger partial charge in [0.2, 0.25) is 5.91 Å². The van der Waals surface area contributed by atoms with Gasteiger partial charge in [0.25, 0.3) is 0 Å². The number of aryl methyl sites for hydroxylation is 2. The summed E-state index contributed by atoms with van der Waals surface area (Å²) in [6.45, 7) is 5.15. The van der Waals surface area contributed by atoms with Crippen molar-refractivity contribution >= 4 is 23.2 Å². The van der Waals surface area contributed by atoms with Gasteiger partial charge in [0.1, 0.15) is 0 Å². The molecule has 1 aliphatic heterocycles. The number of hydrogen-bond donors (Lipinski definition) is 1. The van der Waals surface area contributed by atoms with Gasteiger partial charge < -0.3 is 14.8 Å². The van der Waals surface area contributed by atoms with Crippen molar-refractivity contribution in [1.29, 1.82) is 0 Å². The number of nitrogens with one attached hydrogen (secondary N) is 1. The number of halogens is 1. The Morgan fingerprint density at radius 1 is 1.28 bits per heavy atom. The van der Waals surface area contributed by atoms with Crippen LogP contribution in [-0.4, -0.2) is 28.9 Å². The Balaban J connectivity index is 1.67. The van der Waals surface area contributed by atoms with Gasteiger partial charge in [-0.1, -0.05) is 11.6 Å². The second-order valence-electron chi connectivity index (χ2n) is 6.15. The van der Waals surface area contributed by atoms with E-state index < -0.39 is 0 Å². The van der Waals surface area contributed by atoms with Crippen LogP contribution in [0.5, 0.6) is 11.5 Å². The molecule has 0 spiro atoms. The molecule has 0 aliphatic carbocycles. The summed E-state index contributed by atoms with van der Waals surface area (Å²) in [5.41, 5.74) is 3.69. The standard InChI is InChI=1S/C18H22ClN3O3/c1-11-13(12(2)22(3)21-11)5-6-18(23)20-15-10-17-16(9-14(15)19)24-7-4-8-25-17/h9-10H,4-8H2,1-3H3,(H,20,23). The number of hydrogen-bond acceptors (Lipinski definition) is 4. The van der Waals surface area contributed by atoms with Crippen molar-refractivity contribution in [3.63, 3.8) is 0 Å². The summed E-state index contributed by atoms with van der Waals surface area (Å²) in [4.78, 5) is 12.3. The molecule has 1 amide bonds. The molecular formula is C18H22ClN3O3. The summed E-state index contributed by atoms with van der Waals surface area (Å²) in [7, 11) is 1.91. The van der Waals surface area contributed by atoms with Crippen molar-refractivity contribution < 1.29 is 14.3 Å². The van der Waals surface area contributed by atoms with Gasteiger partial charge in [-0.15, -0.1) is 0 Å². The molecule has 1 aromatic carbocycles. The number of anilines is 1.